The minimum atomic E-state index is -1.29. The highest BCUT2D eigenvalue weighted by atomic mass is 35.5. The van der Waals surface area contributed by atoms with E-state index in [0.717, 1.165) is 69.7 Å². The van der Waals surface area contributed by atoms with Crippen LogP contribution in [0.25, 0.3) is 11.3 Å². The van der Waals surface area contributed by atoms with Crippen molar-refractivity contribution in [3.63, 3.8) is 0 Å². The Balaban J connectivity index is 1.23. The van der Waals surface area contributed by atoms with Crippen molar-refractivity contribution in [2.45, 2.75) is 61.2 Å². The number of carboxylic acids is 1. The predicted molar refractivity (Wildman–Crippen MR) is 148 cm³/mol. The molecule has 6 nitrogen and oxygen atoms in total. The first kappa shape index (κ1) is 24.6. The second-order valence-electron chi connectivity index (χ2n) is 10.8. The summed E-state index contributed by atoms with van der Waals surface area (Å²) >= 11 is 6.58. The molecule has 1 N–H and O–H groups in total. The van der Waals surface area contributed by atoms with Gasteiger partial charge in [0.2, 0.25) is 0 Å². The van der Waals surface area contributed by atoms with Crippen LogP contribution >= 0.6 is 11.6 Å². The molecular weight excluding hydrogens is 534 g/mol. The van der Waals surface area contributed by atoms with Gasteiger partial charge >= 0.3 is 5.97 Å². The Kier molecular flexibility index (Phi) is 5.72. The molecule has 2 saturated carbocycles. The normalized spacial score (nSPS) is 18.8. The van der Waals surface area contributed by atoms with Crippen molar-refractivity contribution in [1.29, 1.82) is 0 Å². The van der Waals surface area contributed by atoms with Crippen molar-refractivity contribution in [3.8, 4) is 17.0 Å². The average molecular weight is 560 g/mol. The van der Waals surface area contributed by atoms with Crippen LogP contribution in [-0.2, 0) is 28.6 Å². The lowest BCUT2D eigenvalue weighted by Crippen LogP contribution is -2.12. The Hall–Kier alpha value is -3.42. The summed E-state index contributed by atoms with van der Waals surface area (Å²) in [5.74, 6) is 1.22. The molecule has 1 unspecified atom stereocenters. The van der Waals surface area contributed by atoms with E-state index < -0.39 is 16.8 Å². The van der Waals surface area contributed by atoms with E-state index in [0.29, 0.717) is 28.1 Å². The van der Waals surface area contributed by atoms with Crippen LogP contribution < -0.4 is 4.74 Å². The number of halogens is 1. The molecule has 0 amide bonds. The molecule has 0 bridgehead atoms. The molecule has 7 rings (SSSR count). The summed E-state index contributed by atoms with van der Waals surface area (Å²) in [6.45, 7) is 2.26. The maximum Gasteiger partial charge on any atom is 0.335 e. The second kappa shape index (κ2) is 9.07. The molecule has 0 radical (unpaired) electrons. The Morgan fingerprint density at radius 1 is 1.15 bits per heavy atom. The number of fused-ring (bicyclic) bond motifs is 4. The lowest BCUT2D eigenvalue weighted by molar-refractivity contribution is 0.0696. The van der Waals surface area contributed by atoms with E-state index in [1.807, 2.05) is 49.4 Å². The number of hydrogen-bond acceptors (Lipinski definition) is 5. The van der Waals surface area contributed by atoms with Crippen molar-refractivity contribution >= 4 is 28.4 Å². The van der Waals surface area contributed by atoms with E-state index in [-0.39, 0.29) is 17.6 Å². The van der Waals surface area contributed by atoms with Crippen LogP contribution in [0, 0.1) is 6.92 Å². The van der Waals surface area contributed by atoms with Crippen LogP contribution in [0.2, 0.25) is 5.02 Å². The third-order valence-corrected chi connectivity index (χ3v) is 9.95. The number of hydrogen-bond donors (Lipinski definition) is 1. The Morgan fingerprint density at radius 3 is 2.69 bits per heavy atom. The predicted octanol–water partition coefficient (Wildman–Crippen LogP) is 7.16. The van der Waals surface area contributed by atoms with Crippen LogP contribution in [0.3, 0.4) is 0 Å². The van der Waals surface area contributed by atoms with E-state index in [1.165, 1.54) is 0 Å². The zero-order valence-electron chi connectivity index (χ0n) is 21.3. The summed E-state index contributed by atoms with van der Waals surface area (Å²) in [5.41, 5.74) is 6.39. The molecule has 39 heavy (non-hydrogen) atoms. The fourth-order valence-electron chi connectivity index (χ4n) is 5.90. The molecule has 2 aliphatic carbocycles. The van der Waals surface area contributed by atoms with Crippen molar-refractivity contribution in [1.82, 2.24) is 5.16 Å². The van der Waals surface area contributed by atoms with Gasteiger partial charge in [-0.05, 0) is 85.2 Å². The molecule has 2 fully saturated rings. The number of nitrogens with zero attached hydrogens (tertiary/aromatic N) is 1. The number of rotatable bonds is 6. The molecule has 8 heteroatoms. The molecular formula is C31H26ClNO5S. The number of benzene rings is 3. The largest absolute Gasteiger partial charge is 0.489 e. The van der Waals surface area contributed by atoms with E-state index in [2.05, 4.69) is 5.16 Å². The van der Waals surface area contributed by atoms with E-state index >= 15 is 0 Å². The van der Waals surface area contributed by atoms with Gasteiger partial charge in [0.25, 0.3) is 0 Å². The molecule has 198 valence electrons. The van der Waals surface area contributed by atoms with Gasteiger partial charge in [-0.2, -0.15) is 0 Å². The number of aromatic nitrogens is 1. The average Bonchev–Trinajstić information content (AvgIpc) is 3.86. The minimum Gasteiger partial charge on any atom is -0.489 e. The smallest absolute Gasteiger partial charge is 0.335 e. The van der Waals surface area contributed by atoms with Gasteiger partial charge in [0.1, 0.15) is 23.8 Å². The molecule has 1 aromatic heterocycles. The molecule has 1 spiro atoms. The minimum absolute atomic E-state index is 0.258. The molecule has 3 aliphatic rings. The zero-order valence-corrected chi connectivity index (χ0v) is 22.9. The van der Waals surface area contributed by atoms with Crippen LogP contribution in [-0.4, -0.2) is 20.4 Å². The van der Waals surface area contributed by atoms with E-state index in [1.54, 1.807) is 12.1 Å². The monoisotopic (exact) mass is 559 g/mol. The first-order chi connectivity index (χ1) is 18.9. The third-order valence-electron chi connectivity index (χ3n) is 8.23. The maximum absolute atomic E-state index is 13.6. The van der Waals surface area contributed by atoms with Crippen LogP contribution in [0.15, 0.2) is 64.0 Å². The highest BCUT2D eigenvalue weighted by Gasteiger charge is 2.50. The van der Waals surface area contributed by atoms with Crippen molar-refractivity contribution in [2.24, 2.45) is 0 Å². The Bertz CT molecular complexity index is 1660. The van der Waals surface area contributed by atoms with Crippen LogP contribution in [0.1, 0.15) is 75.5 Å². The molecule has 1 aliphatic heterocycles. The summed E-state index contributed by atoms with van der Waals surface area (Å²) in [6, 6.07) is 16.8. The summed E-state index contributed by atoms with van der Waals surface area (Å²) < 4.78 is 25.7. The molecule has 0 saturated heterocycles. The van der Waals surface area contributed by atoms with Gasteiger partial charge in [0.05, 0.1) is 32.7 Å². The zero-order chi connectivity index (χ0) is 26.9. The molecule has 2 heterocycles. The summed E-state index contributed by atoms with van der Waals surface area (Å²) in [5, 5.41) is 14.6. The van der Waals surface area contributed by atoms with Gasteiger partial charge in [0.15, 0.2) is 0 Å². The Labute approximate surface area is 233 Å². The standard InChI is InChI=1S/C31H26ClNO5S/c1-17-3-2-4-25(32)27(17)28-22(29(38-33-28)18-5-6-18)15-37-21-9-10-23-26(14-21)39(36)16-20-8-7-19(30(34)35)13-24(20)31(23)11-12-31/h2-4,7-10,13-14,18H,5-6,11-12,15-16H2,1H3,(H,34,35). The van der Waals surface area contributed by atoms with E-state index in [9.17, 15) is 14.1 Å². The molecule has 4 aromatic rings. The van der Waals surface area contributed by atoms with Crippen molar-refractivity contribution < 1.29 is 23.4 Å². The fourth-order valence-corrected chi connectivity index (χ4v) is 7.65. The van der Waals surface area contributed by atoms with Crippen molar-refractivity contribution in [3.05, 3.63) is 98.8 Å². The number of carboxylic acid groups (broad SMARTS) is 1. The number of ether oxygens (including phenoxy) is 1. The number of aryl methyl sites for hydroxylation is 1. The highest BCUT2D eigenvalue weighted by molar-refractivity contribution is 7.84. The van der Waals surface area contributed by atoms with E-state index in [4.69, 9.17) is 20.9 Å². The summed E-state index contributed by atoms with van der Waals surface area (Å²) in [6.07, 6.45) is 3.93. The van der Waals surface area contributed by atoms with Gasteiger partial charge in [0, 0.05) is 21.8 Å². The van der Waals surface area contributed by atoms with Gasteiger partial charge in [-0.3, -0.25) is 4.21 Å². The fraction of sp³-hybridized carbons (Fsp3) is 0.290. The third kappa shape index (κ3) is 4.10. The Morgan fingerprint density at radius 2 is 1.97 bits per heavy atom. The first-order valence-corrected chi connectivity index (χ1v) is 14.8. The lowest BCUT2D eigenvalue weighted by atomic mass is 9.84. The second-order valence-corrected chi connectivity index (χ2v) is 12.6. The number of carbonyl (C=O) groups is 1. The van der Waals surface area contributed by atoms with Crippen molar-refractivity contribution in [2.75, 3.05) is 0 Å². The van der Waals surface area contributed by atoms with Gasteiger partial charge < -0.3 is 14.4 Å². The van der Waals surface area contributed by atoms with Gasteiger partial charge in [-0.1, -0.05) is 41.0 Å². The highest BCUT2D eigenvalue weighted by Crippen LogP contribution is 2.58. The summed E-state index contributed by atoms with van der Waals surface area (Å²) in [4.78, 5) is 12.4. The quantitative estimate of drug-likeness (QED) is 0.269. The number of aromatic carboxylic acids is 1. The molecule has 3 aromatic carbocycles. The SMILES string of the molecule is Cc1cccc(Cl)c1-c1noc(C2CC2)c1COc1ccc2c(c1)S(=O)Cc1ccc(C(=O)O)cc1C21CC1. The summed E-state index contributed by atoms with van der Waals surface area (Å²) in [7, 11) is -1.29. The topological polar surface area (TPSA) is 89.6 Å². The first-order valence-electron chi connectivity index (χ1n) is 13.1. The van der Waals surface area contributed by atoms with Crippen LogP contribution in [0.5, 0.6) is 5.75 Å². The lowest BCUT2D eigenvalue weighted by Gasteiger charge is -2.20. The maximum atomic E-state index is 13.6. The van der Waals surface area contributed by atoms with Crippen LogP contribution in [0.4, 0.5) is 0 Å². The molecule has 1 atom stereocenters. The van der Waals surface area contributed by atoms with Gasteiger partial charge in [-0.25, -0.2) is 4.79 Å². The van der Waals surface area contributed by atoms with Gasteiger partial charge in [-0.15, -0.1) is 0 Å².